The zero-order valence-corrected chi connectivity index (χ0v) is 27.4. The first-order valence-corrected chi connectivity index (χ1v) is 20.3. The molecule has 40 heavy (non-hydrogen) atoms. The Kier molecular flexibility index (Phi) is 10.7. The van der Waals surface area contributed by atoms with Gasteiger partial charge in [0.25, 0.3) is 0 Å². The van der Waals surface area contributed by atoms with Gasteiger partial charge in [-0.15, -0.1) is 0 Å². The number of ketones is 1. The third kappa shape index (κ3) is 5.28. The van der Waals surface area contributed by atoms with Crippen molar-refractivity contribution < 1.29 is 28.9 Å². The number of allylic oxidation sites excluding steroid dienone is 2. The summed E-state index contributed by atoms with van der Waals surface area (Å²) in [4.78, 5) is 26.1. The van der Waals surface area contributed by atoms with Crippen molar-refractivity contribution in [2.45, 2.75) is 107 Å². The number of carbonyl (C=O) groups is 2. The summed E-state index contributed by atoms with van der Waals surface area (Å²) in [5.74, 6) is 12.1. The van der Waals surface area contributed by atoms with E-state index >= 15 is 0 Å². The van der Waals surface area contributed by atoms with E-state index in [1.807, 2.05) is 6.08 Å². The van der Waals surface area contributed by atoms with Crippen molar-refractivity contribution in [3.8, 4) is 23.7 Å². The van der Waals surface area contributed by atoms with E-state index < -0.39 is 33.1 Å². The number of amides is 1. The Balaban J connectivity index is 2.66. The van der Waals surface area contributed by atoms with E-state index in [-0.39, 0.29) is 24.4 Å². The van der Waals surface area contributed by atoms with Crippen LogP contribution in [0.15, 0.2) is 23.0 Å². The lowest BCUT2D eigenvalue weighted by Gasteiger charge is -2.55. The van der Waals surface area contributed by atoms with Crippen LogP contribution in [0.3, 0.4) is 0 Å². The summed E-state index contributed by atoms with van der Waals surface area (Å²) in [5.41, 5.74) is 1.40. The van der Waals surface area contributed by atoms with Crippen molar-refractivity contribution in [2.24, 2.45) is 0 Å². The van der Waals surface area contributed by atoms with Crippen LogP contribution < -0.4 is 5.32 Å². The van der Waals surface area contributed by atoms with Gasteiger partial charge >= 0.3 is 6.09 Å². The highest BCUT2D eigenvalue weighted by Gasteiger charge is 2.64. The Morgan fingerprint density at radius 3 is 2.17 bits per heavy atom. The van der Waals surface area contributed by atoms with E-state index in [0.717, 1.165) is 47.4 Å². The van der Waals surface area contributed by atoms with Crippen molar-refractivity contribution >= 4 is 28.0 Å². The van der Waals surface area contributed by atoms with E-state index in [4.69, 9.17) is 14.2 Å². The molecular weight excluding hydrogens is 539 g/mol. The standard InChI is InChI=1S/C31H47NO6Si2/c1-8-39(9-2,10-3)26-16-14-15-24(34)17-19-30(40(11-4,12-5)13-6)23-31(36-21-22-37-31)28(38-29(35)32-7)27(26)25(30)18-20-33/h18,26,33H,8-13,15,20-23H2,1-7H3,(H,32,35)/t26-,30-/m0/s1. The molecular formula is C31H47NO6Si2. The van der Waals surface area contributed by atoms with Crippen molar-refractivity contribution in [2.75, 3.05) is 26.9 Å². The van der Waals surface area contributed by atoms with Crippen LogP contribution in [0.5, 0.6) is 0 Å². The molecule has 3 aliphatic rings. The highest BCUT2D eigenvalue weighted by molar-refractivity contribution is 6.85. The van der Waals surface area contributed by atoms with Crippen LogP contribution in [0.2, 0.25) is 46.8 Å². The summed E-state index contributed by atoms with van der Waals surface area (Å²) in [6, 6.07) is 5.66. The van der Waals surface area contributed by atoms with Gasteiger partial charge in [0.05, 0.1) is 47.4 Å². The topological polar surface area (TPSA) is 94.1 Å². The number of rotatable bonds is 10. The molecule has 0 aromatic heterocycles. The van der Waals surface area contributed by atoms with Gasteiger partial charge in [-0.25, -0.2) is 4.79 Å². The average molecular weight is 586 g/mol. The first-order chi connectivity index (χ1) is 19.2. The summed E-state index contributed by atoms with van der Waals surface area (Å²) in [5, 5.41) is 12.4. The molecule has 2 atom stereocenters. The number of ether oxygens (including phenoxy) is 3. The summed E-state index contributed by atoms with van der Waals surface area (Å²) in [7, 11) is -3.03. The summed E-state index contributed by atoms with van der Waals surface area (Å²) in [6.45, 7) is 13.8. The minimum atomic E-state index is -2.36. The highest BCUT2D eigenvalue weighted by atomic mass is 28.3. The van der Waals surface area contributed by atoms with E-state index in [1.165, 1.54) is 7.05 Å². The summed E-state index contributed by atoms with van der Waals surface area (Å²) >= 11 is 0. The Morgan fingerprint density at radius 2 is 1.68 bits per heavy atom. The van der Waals surface area contributed by atoms with Crippen LogP contribution in [-0.2, 0) is 19.0 Å². The lowest BCUT2D eigenvalue weighted by molar-refractivity contribution is -0.160. The molecule has 1 aliphatic heterocycles. The Hall–Kier alpha value is -2.15. The largest absolute Gasteiger partial charge is 0.412 e. The average Bonchev–Trinajstić information content (AvgIpc) is 3.44. The van der Waals surface area contributed by atoms with Crippen LogP contribution in [-0.4, -0.2) is 65.8 Å². The van der Waals surface area contributed by atoms with Crippen molar-refractivity contribution in [1.82, 2.24) is 5.32 Å². The molecule has 9 heteroatoms. The molecule has 1 spiro atoms. The maximum absolute atomic E-state index is 13.1. The number of hydrogen-bond donors (Lipinski definition) is 2. The first kappa shape index (κ1) is 32.4. The van der Waals surface area contributed by atoms with Crippen LogP contribution >= 0.6 is 0 Å². The van der Waals surface area contributed by atoms with E-state index in [9.17, 15) is 14.7 Å². The van der Waals surface area contributed by atoms with Gasteiger partial charge in [-0.3, -0.25) is 4.79 Å². The normalized spacial score (nSPS) is 25.2. The van der Waals surface area contributed by atoms with Crippen LogP contribution in [0, 0.1) is 23.7 Å². The van der Waals surface area contributed by atoms with E-state index in [1.54, 1.807) is 0 Å². The number of fused-ring (bicyclic) bond motifs is 2. The van der Waals surface area contributed by atoms with Gasteiger partial charge in [-0.1, -0.05) is 102 Å². The SMILES string of the molecule is CC[Si](CC)(CC)[C@H]1C#CCC(=O)C#C[C@]2([Si](CC)(CC)CC)CC3(OCCO3)C(OC(=O)NC)=C1C2=CCO. The fourth-order valence-corrected chi connectivity index (χ4v) is 16.5. The molecule has 7 nitrogen and oxygen atoms in total. The van der Waals surface area contributed by atoms with Gasteiger partial charge < -0.3 is 24.6 Å². The van der Waals surface area contributed by atoms with Crippen LogP contribution in [0.1, 0.15) is 54.4 Å². The van der Waals surface area contributed by atoms with Gasteiger partial charge in [0, 0.05) is 24.6 Å². The van der Waals surface area contributed by atoms with E-state index in [2.05, 4.69) is 70.5 Å². The predicted octanol–water partition coefficient (Wildman–Crippen LogP) is 5.77. The number of hydrogen-bond acceptors (Lipinski definition) is 6. The minimum Gasteiger partial charge on any atom is -0.409 e. The third-order valence-corrected chi connectivity index (χ3v) is 22.5. The minimum absolute atomic E-state index is 0.0657. The Bertz CT molecular complexity index is 1140. The van der Waals surface area contributed by atoms with Gasteiger partial charge in [0.2, 0.25) is 11.6 Å². The number of Topliss-reactive ketones (excluding diaryl/α,β-unsaturated/α-hetero) is 1. The highest BCUT2D eigenvalue weighted by Crippen LogP contribution is 2.65. The van der Waals surface area contributed by atoms with Gasteiger partial charge in [-0.05, 0) is 11.5 Å². The smallest absolute Gasteiger partial charge is 0.409 e. The van der Waals surface area contributed by atoms with Crippen molar-refractivity contribution in [3.05, 3.63) is 23.0 Å². The molecule has 0 aromatic carbocycles. The van der Waals surface area contributed by atoms with Crippen LogP contribution in [0.4, 0.5) is 4.79 Å². The summed E-state index contributed by atoms with van der Waals surface area (Å²) < 4.78 is 19.1. The fraction of sp³-hybridized carbons (Fsp3) is 0.677. The number of aliphatic hydroxyl groups excluding tert-OH is 1. The second-order valence-corrected chi connectivity index (χ2v) is 22.0. The molecule has 0 unspecified atom stereocenters. The predicted molar refractivity (Wildman–Crippen MR) is 163 cm³/mol. The molecule has 2 bridgehead atoms. The number of carbonyl (C=O) groups excluding carboxylic acids is 2. The molecule has 0 radical (unpaired) electrons. The quantitative estimate of drug-likeness (QED) is 0.192. The fourth-order valence-electron chi connectivity index (χ4n) is 7.43. The van der Waals surface area contributed by atoms with Crippen molar-refractivity contribution in [1.29, 1.82) is 0 Å². The molecule has 0 saturated carbocycles. The van der Waals surface area contributed by atoms with Gasteiger partial charge in [-0.2, -0.15) is 0 Å². The molecule has 1 amide bonds. The maximum Gasteiger partial charge on any atom is 0.412 e. The molecule has 220 valence electrons. The Morgan fingerprint density at radius 1 is 1.07 bits per heavy atom. The third-order valence-electron chi connectivity index (χ3n) is 10.1. The maximum atomic E-state index is 13.1. The number of nitrogens with one attached hydrogen (secondary N) is 1. The molecule has 2 N–H and O–H groups in total. The van der Waals surface area contributed by atoms with Gasteiger partial charge in [0.1, 0.15) is 0 Å². The molecule has 3 rings (SSSR count). The van der Waals surface area contributed by atoms with Crippen molar-refractivity contribution in [3.63, 3.8) is 0 Å². The number of aliphatic hydroxyl groups is 1. The lowest BCUT2D eigenvalue weighted by atomic mass is 9.76. The zero-order chi connectivity index (χ0) is 29.6. The van der Waals surface area contributed by atoms with E-state index in [0.29, 0.717) is 25.4 Å². The molecule has 1 saturated heterocycles. The second kappa shape index (κ2) is 13.2. The molecule has 2 aliphatic carbocycles. The monoisotopic (exact) mass is 585 g/mol. The lowest BCUT2D eigenvalue weighted by Crippen LogP contribution is -2.56. The molecule has 1 fully saturated rings. The summed E-state index contributed by atoms with van der Waals surface area (Å²) in [6.07, 6.45) is 1.62. The molecule has 0 aromatic rings. The molecule has 1 heterocycles. The zero-order valence-electron chi connectivity index (χ0n) is 25.4. The second-order valence-electron chi connectivity index (χ2n) is 11.1. The number of alkyl carbamates (subject to hydrolysis) is 1. The Labute approximate surface area is 242 Å². The van der Waals surface area contributed by atoms with Crippen LogP contribution in [0.25, 0.3) is 0 Å². The first-order valence-electron chi connectivity index (χ1n) is 15.0. The van der Waals surface area contributed by atoms with Gasteiger partial charge in [0.15, 0.2) is 5.76 Å².